The molecule has 0 aliphatic heterocycles. The van der Waals surface area contributed by atoms with E-state index in [-0.39, 0.29) is 22.6 Å². The smallest absolute Gasteiger partial charge is 0.178 e. The van der Waals surface area contributed by atoms with Gasteiger partial charge in [-0.25, -0.2) is 21.6 Å². The molecular formula is C17H12F3NO4S. The molecule has 1 aromatic heterocycles. The molecule has 0 unspecified atom stereocenters. The van der Waals surface area contributed by atoms with Gasteiger partial charge < -0.3 is 9.63 Å². The summed E-state index contributed by atoms with van der Waals surface area (Å²) in [6, 6.07) is 6.27. The number of hydrogen-bond acceptors (Lipinski definition) is 5. The molecule has 0 spiro atoms. The van der Waals surface area contributed by atoms with Crippen molar-refractivity contribution in [1.29, 1.82) is 0 Å². The van der Waals surface area contributed by atoms with Crippen LogP contribution in [0, 0.1) is 17.5 Å². The van der Waals surface area contributed by atoms with Gasteiger partial charge in [-0.05, 0) is 36.4 Å². The molecule has 9 heteroatoms. The van der Waals surface area contributed by atoms with E-state index in [4.69, 9.17) is 4.52 Å². The van der Waals surface area contributed by atoms with Crippen LogP contribution in [0.25, 0.3) is 22.4 Å². The molecule has 2 aromatic carbocycles. The minimum absolute atomic E-state index is 0.0458. The van der Waals surface area contributed by atoms with Gasteiger partial charge in [0.05, 0.1) is 5.56 Å². The van der Waals surface area contributed by atoms with E-state index in [2.05, 4.69) is 5.16 Å². The molecule has 0 saturated heterocycles. The van der Waals surface area contributed by atoms with Crippen molar-refractivity contribution >= 4 is 9.84 Å². The van der Waals surface area contributed by atoms with Crippen molar-refractivity contribution in [2.24, 2.45) is 0 Å². The summed E-state index contributed by atoms with van der Waals surface area (Å²) in [4.78, 5) is -0.788. The number of halogens is 3. The lowest BCUT2D eigenvalue weighted by molar-refractivity contribution is 0.230. The summed E-state index contributed by atoms with van der Waals surface area (Å²) in [5.74, 6) is -2.84. The second-order valence-corrected chi connectivity index (χ2v) is 7.51. The third-order valence-electron chi connectivity index (χ3n) is 3.71. The third kappa shape index (κ3) is 3.23. The van der Waals surface area contributed by atoms with Gasteiger partial charge in [0.25, 0.3) is 0 Å². The molecule has 3 rings (SSSR count). The molecule has 0 aliphatic carbocycles. The molecule has 3 aromatic rings. The standard InChI is InChI=1S/C17H12F3NO4S/c1-26(23,24)15-7-12(19)11(6-13(15)20)16-14(8-22)25-21-17(16)9-2-4-10(18)5-3-9/h2-7,22H,8H2,1H3. The summed E-state index contributed by atoms with van der Waals surface area (Å²) >= 11 is 0. The normalized spacial score (nSPS) is 11.7. The molecule has 1 heterocycles. The molecule has 0 atom stereocenters. The van der Waals surface area contributed by atoms with Crippen LogP contribution in [-0.2, 0) is 16.4 Å². The molecule has 0 aliphatic rings. The molecule has 5 nitrogen and oxygen atoms in total. The average molecular weight is 383 g/mol. The zero-order valence-electron chi connectivity index (χ0n) is 13.3. The van der Waals surface area contributed by atoms with Crippen LogP contribution in [0.5, 0.6) is 0 Å². The zero-order valence-corrected chi connectivity index (χ0v) is 14.1. The highest BCUT2D eigenvalue weighted by atomic mass is 32.2. The molecule has 26 heavy (non-hydrogen) atoms. The van der Waals surface area contributed by atoms with Crippen LogP contribution in [0.3, 0.4) is 0 Å². The van der Waals surface area contributed by atoms with Gasteiger partial charge in [-0.3, -0.25) is 0 Å². The molecule has 1 N–H and O–H groups in total. The Bertz CT molecular complexity index is 1080. The van der Waals surface area contributed by atoms with Gasteiger partial charge >= 0.3 is 0 Å². The highest BCUT2D eigenvalue weighted by Crippen LogP contribution is 2.37. The lowest BCUT2D eigenvalue weighted by Crippen LogP contribution is -2.03. The van der Waals surface area contributed by atoms with E-state index >= 15 is 0 Å². The van der Waals surface area contributed by atoms with Crippen LogP contribution in [-0.4, -0.2) is 24.9 Å². The maximum absolute atomic E-state index is 14.6. The lowest BCUT2D eigenvalue weighted by Gasteiger charge is -2.08. The van der Waals surface area contributed by atoms with Crippen molar-refractivity contribution in [3.05, 3.63) is 59.6 Å². The summed E-state index contributed by atoms with van der Waals surface area (Å²) < 4.78 is 70.0. The van der Waals surface area contributed by atoms with E-state index in [1.807, 2.05) is 0 Å². The molecule has 0 saturated carbocycles. The second kappa shape index (κ2) is 6.58. The number of nitrogens with zero attached hydrogens (tertiary/aromatic N) is 1. The molecule has 0 radical (unpaired) electrons. The Morgan fingerprint density at radius 3 is 2.31 bits per heavy atom. The Labute approximate surface area is 146 Å². The molecule has 0 bridgehead atoms. The van der Waals surface area contributed by atoms with Crippen molar-refractivity contribution < 1.29 is 31.2 Å². The first-order chi connectivity index (χ1) is 12.2. The molecular weight excluding hydrogens is 371 g/mol. The number of benzene rings is 2. The fourth-order valence-corrected chi connectivity index (χ4v) is 3.25. The van der Waals surface area contributed by atoms with E-state index in [0.717, 1.165) is 18.4 Å². The third-order valence-corrected chi connectivity index (χ3v) is 4.83. The first-order valence-corrected chi connectivity index (χ1v) is 9.16. The second-order valence-electron chi connectivity index (χ2n) is 5.53. The average Bonchev–Trinajstić information content (AvgIpc) is 3.00. The predicted octanol–water partition coefficient (Wildman–Crippen LogP) is 3.32. The first kappa shape index (κ1) is 18.2. The van der Waals surface area contributed by atoms with Crippen LogP contribution >= 0.6 is 0 Å². The number of sulfone groups is 1. The Hall–Kier alpha value is -2.65. The van der Waals surface area contributed by atoms with E-state index in [1.54, 1.807) is 0 Å². The van der Waals surface area contributed by atoms with Gasteiger partial charge in [-0.2, -0.15) is 0 Å². The van der Waals surface area contributed by atoms with Crippen LogP contribution in [0.4, 0.5) is 13.2 Å². The van der Waals surface area contributed by atoms with Crippen LogP contribution in [0.15, 0.2) is 45.8 Å². The number of aliphatic hydroxyl groups is 1. The van der Waals surface area contributed by atoms with Crippen LogP contribution in [0.1, 0.15) is 5.76 Å². The van der Waals surface area contributed by atoms with Gasteiger partial charge in [-0.1, -0.05) is 5.16 Å². The van der Waals surface area contributed by atoms with Crippen LogP contribution < -0.4 is 0 Å². The van der Waals surface area contributed by atoms with E-state index < -0.39 is 38.8 Å². The highest BCUT2D eigenvalue weighted by molar-refractivity contribution is 7.90. The number of hydrogen-bond donors (Lipinski definition) is 1. The maximum atomic E-state index is 14.6. The maximum Gasteiger partial charge on any atom is 0.178 e. The van der Waals surface area contributed by atoms with E-state index in [0.29, 0.717) is 17.7 Å². The fraction of sp³-hybridized carbons (Fsp3) is 0.118. The summed E-state index contributed by atoms with van der Waals surface area (Å²) in [6.07, 6.45) is 0.757. The topological polar surface area (TPSA) is 80.4 Å². The lowest BCUT2D eigenvalue weighted by atomic mass is 9.98. The number of aromatic nitrogens is 1. The van der Waals surface area contributed by atoms with Gasteiger partial charge in [0.2, 0.25) is 0 Å². The number of aliphatic hydroxyl groups excluding tert-OH is 1. The predicted molar refractivity (Wildman–Crippen MR) is 86.3 cm³/mol. The summed E-state index contributed by atoms with van der Waals surface area (Å²) in [5.41, 5.74) is 0.0198. The number of rotatable bonds is 4. The Balaban J connectivity index is 2.26. The zero-order chi connectivity index (χ0) is 19.1. The summed E-state index contributed by atoms with van der Waals surface area (Å²) in [5, 5.41) is 13.2. The largest absolute Gasteiger partial charge is 0.388 e. The van der Waals surface area contributed by atoms with Crippen molar-refractivity contribution in [3.8, 4) is 22.4 Å². The van der Waals surface area contributed by atoms with E-state index in [1.165, 1.54) is 12.1 Å². The van der Waals surface area contributed by atoms with Crippen molar-refractivity contribution in [2.75, 3.05) is 6.26 Å². The molecule has 136 valence electrons. The monoisotopic (exact) mass is 383 g/mol. The quantitative estimate of drug-likeness (QED) is 0.748. The van der Waals surface area contributed by atoms with E-state index in [9.17, 15) is 26.7 Å². The Morgan fingerprint density at radius 2 is 1.73 bits per heavy atom. The minimum Gasteiger partial charge on any atom is -0.388 e. The Kier molecular flexibility index (Phi) is 4.59. The minimum atomic E-state index is -3.97. The van der Waals surface area contributed by atoms with Crippen molar-refractivity contribution in [1.82, 2.24) is 5.16 Å². The van der Waals surface area contributed by atoms with Crippen molar-refractivity contribution in [2.45, 2.75) is 11.5 Å². The SMILES string of the molecule is CS(=O)(=O)c1cc(F)c(-c2c(-c3ccc(F)cc3)noc2CO)cc1F. The fourth-order valence-electron chi connectivity index (χ4n) is 2.52. The summed E-state index contributed by atoms with van der Waals surface area (Å²) in [7, 11) is -3.97. The van der Waals surface area contributed by atoms with Crippen LogP contribution in [0.2, 0.25) is 0 Å². The highest BCUT2D eigenvalue weighted by Gasteiger charge is 2.25. The van der Waals surface area contributed by atoms with Gasteiger partial charge in [-0.15, -0.1) is 0 Å². The van der Waals surface area contributed by atoms with Gasteiger partial charge in [0.1, 0.15) is 34.6 Å². The van der Waals surface area contributed by atoms with Gasteiger partial charge in [0.15, 0.2) is 15.6 Å². The summed E-state index contributed by atoms with van der Waals surface area (Å²) in [6.45, 7) is -0.654. The Morgan fingerprint density at radius 1 is 1.08 bits per heavy atom. The van der Waals surface area contributed by atoms with Crippen molar-refractivity contribution in [3.63, 3.8) is 0 Å². The molecule has 0 amide bonds. The first-order valence-electron chi connectivity index (χ1n) is 7.27. The van der Waals surface area contributed by atoms with Gasteiger partial charge in [0, 0.05) is 17.4 Å². The molecule has 0 fully saturated rings.